The van der Waals surface area contributed by atoms with Crippen LogP contribution in [0.3, 0.4) is 0 Å². The number of hydrogen-bond donors (Lipinski definition) is 0. The zero-order chi connectivity index (χ0) is 12.3. The third-order valence-corrected chi connectivity index (χ3v) is 2.55. The van der Waals surface area contributed by atoms with Gasteiger partial charge in [-0.25, -0.2) is 9.37 Å². The minimum absolute atomic E-state index is 0.0302. The highest BCUT2D eigenvalue weighted by Crippen LogP contribution is 2.21. The second-order valence-corrected chi connectivity index (χ2v) is 3.70. The van der Waals surface area contributed by atoms with Gasteiger partial charge >= 0.3 is 0 Å². The summed E-state index contributed by atoms with van der Waals surface area (Å²) in [6.45, 7) is 0.101. The maximum absolute atomic E-state index is 13.1. The molecule has 17 heavy (non-hydrogen) atoms. The Morgan fingerprint density at radius 3 is 2.71 bits per heavy atom. The van der Waals surface area contributed by atoms with E-state index in [-0.39, 0.29) is 11.6 Å². The summed E-state index contributed by atoms with van der Waals surface area (Å²) < 4.78 is 30.9. The zero-order valence-electron chi connectivity index (χ0n) is 8.66. The van der Waals surface area contributed by atoms with Crippen molar-refractivity contribution >= 4 is 11.6 Å². The second kappa shape index (κ2) is 5.10. The van der Waals surface area contributed by atoms with Gasteiger partial charge in [-0.1, -0.05) is 23.7 Å². The largest absolute Gasteiger partial charge is 0.487 e. The summed E-state index contributed by atoms with van der Waals surface area (Å²) in [6.07, 6.45) is 1.25. The van der Waals surface area contributed by atoms with Gasteiger partial charge in [0, 0.05) is 5.56 Å². The van der Waals surface area contributed by atoms with E-state index in [1.165, 1.54) is 24.4 Å². The summed E-state index contributed by atoms with van der Waals surface area (Å²) in [4.78, 5) is 3.43. The molecule has 0 fully saturated rings. The number of hydrogen-bond acceptors (Lipinski definition) is 2. The van der Waals surface area contributed by atoms with Crippen molar-refractivity contribution in [2.24, 2.45) is 0 Å². The van der Waals surface area contributed by atoms with Crippen molar-refractivity contribution in [1.82, 2.24) is 4.98 Å². The highest BCUT2D eigenvalue weighted by atomic mass is 35.5. The van der Waals surface area contributed by atoms with Crippen LogP contribution in [0, 0.1) is 11.8 Å². The molecule has 0 saturated heterocycles. The lowest BCUT2D eigenvalue weighted by atomic mass is 10.2. The van der Waals surface area contributed by atoms with Crippen LogP contribution in [0.5, 0.6) is 5.75 Å². The number of nitrogens with zero attached hydrogens (tertiary/aromatic N) is 1. The highest BCUT2D eigenvalue weighted by molar-refractivity contribution is 6.31. The predicted molar refractivity (Wildman–Crippen MR) is 59.9 cm³/mol. The first kappa shape index (κ1) is 11.8. The van der Waals surface area contributed by atoms with Crippen molar-refractivity contribution < 1.29 is 13.5 Å². The molecule has 0 N–H and O–H groups in total. The Kier molecular flexibility index (Phi) is 3.54. The van der Waals surface area contributed by atoms with E-state index in [9.17, 15) is 8.78 Å². The fourth-order valence-electron chi connectivity index (χ4n) is 1.27. The lowest BCUT2D eigenvalue weighted by Crippen LogP contribution is -1.98. The Hall–Kier alpha value is -1.68. The third kappa shape index (κ3) is 2.91. The molecule has 0 aliphatic heterocycles. The molecule has 0 bridgehead atoms. The van der Waals surface area contributed by atoms with Gasteiger partial charge in [-0.2, -0.15) is 4.39 Å². The fourth-order valence-corrected chi connectivity index (χ4v) is 1.45. The van der Waals surface area contributed by atoms with Crippen LogP contribution in [-0.2, 0) is 6.61 Å². The van der Waals surface area contributed by atoms with Crippen LogP contribution in [0.15, 0.2) is 36.5 Å². The Balaban J connectivity index is 2.07. The average Bonchev–Trinajstić information content (AvgIpc) is 2.33. The molecule has 5 heteroatoms. The number of ether oxygens (including phenoxy) is 1. The lowest BCUT2D eigenvalue weighted by molar-refractivity contribution is 0.303. The van der Waals surface area contributed by atoms with Crippen LogP contribution >= 0.6 is 11.6 Å². The number of benzene rings is 1. The number of aromatic nitrogens is 1. The molecule has 2 nitrogen and oxygen atoms in total. The van der Waals surface area contributed by atoms with Crippen LogP contribution in [0.25, 0.3) is 0 Å². The molecule has 0 unspecified atom stereocenters. The molecule has 0 aliphatic carbocycles. The van der Waals surface area contributed by atoms with Gasteiger partial charge < -0.3 is 4.74 Å². The molecule has 1 aromatic heterocycles. The topological polar surface area (TPSA) is 22.1 Å². The van der Waals surface area contributed by atoms with Crippen molar-refractivity contribution in [3.63, 3.8) is 0 Å². The van der Waals surface area contributed by atoms with Gasteiger partial charge in [0.05, 0.1) is 11.2 Å². The van der Waals surface area contributed by atoms with Crippen molar-refractivity contribution in [1.29, 1.82) is 0 Å². The van der Waals surface area contributed by atoms with Gasteiger partial charge in [0.25, 0.3) is 0 Å². The molecule has 1 aromatic carbocycles. The first-order valence-electron chi connectivity index (χ1n) is 4.84. The second-order valence-electron chi connectivity index (χ2n) is 3.32. The maximum Gasteiger partial charge on any atom is 0.213 e. The summed E-state index contributed by atoms with van der Waals surface area (Å²) >= 11 is 5.75. The van der Waals surface area contributed by atoms with E-state index in [1.54, 1.807) is 12.1 Å². The van der Waals surface area contributed by atoms with Gasteiger partial charge in [0.15, 0.2) is 0 Å². The molecular weight excluding hydrogens is 248 g/mol. The molecule has 88 valence electrons. The van der Waals surface area contributed by atoms with E-state index in [4.69, 9.17) is 16.3 Å². The van der Waals surface area contributed by atoms with Crippen LogP contribution in [-0.4, -0.2) is 4.98 Å². The minimum Gasteiger partial charge on any atom is -0.487 e. The molecule has 0 saturated carbocycles. The van der Waals surface area contributed by atoms with Crippen LogP contribution in [0.2, 0.25) is 5.02 Å². The van der Waals surface area contributed by atoms with Gasteiger partial charge in [0.2, 0.25) is 5.95 Å². The molecule has 1 heterocycles. The Labute approximate surface area is 102 Å². The maximum atomic E-state index is 13.1. The Morgan fingerprint density at radius 2 is 2.00 bits per heavy atom. The van der Waals surface area contributed by atoms with Crippen molar-refractivity contribution in [3.05, 3.63) is 58.9 Å². The summed E-state index contributed by atoms with van der Waals surface area (Å²) in [5.41, 5.74) is 0.524. The van der Waals surface area contributed by atoms with Gasteiger partial charge in [0.1, 0.15) is 18.2 Å². The normalized spacial score (nSPS) is 10.3. The smallest absolute Gasteiger partial charge is 0.213 e. The quantitative estimate of drug-likeness (QED) is 0.782. The van der Waals surface area contributed by atoms with E-state index >= 15 is 0 Å². The van der Waals surface area contributed by atoms with E-state index in [1.807, 2.05) is 0 Å². The molecule has 2 aromatic rings. The Bertz CT molecular complexity index is 516. The first-order chi connectivity index (χ1) is 8.16. The van der Waals surface area contributed by atoms with E-state index in [0.29, 0.717) is 11.3 Å². The van der Waals surface area contributed by atoms with Crippen LogP contribution in [0.1, 0.15) is 5.56 Å². The summed E-state index contributed by atoms with van der Waals surface area (Å²) in [7, 11) is 0. The van der Waals surface area contributed by atoms with Crippen molar-refractivity contribution in [3.8, 4) is 5.75 Å². The van der Waals surface area contributed by atoms with E-state index in [0.717, 1.165) is 0 Å². The van der Waals surface area contributed by atoms with Crippen molar-refractivity contribution in [2.45, 2.75) is 6.61 Å². The molecule has 0 atom stereocenters. The summed E-state index contributed by atoms with van der Waals surface area (Å²) in [5.74, 6) is -0.683. The van der Waals surface area contributed by atoms with Crippen LogP contribution < -0.4 is 4.74 Å². The number of rotatable bonds is 3. The third-order valence-electron chi connectivity index (χ3n) is 2.13. The summed E-state index contributed by atoms with van der Waals surface area (Å²) in [5, 5.41) is 0.0302. The minimum atomic E-state index is -0.582. The molecule has 2 rings (SSSR count). The number of halogens is 3. The predicted octanol–water partition coefficient (Wildman–Crippen LogP) is 3.59. The van der Waals surface area contributed by atoms with Gasteiger partial charge in [-0.15, -0.1) is 0 Å². The highest BCUT2D eigenvalue weighted by Gasteiger charge is 2.06. The van der Waals surface area contributed by atoms with Gasteiger partial charge in [-0.3, -0.25) is 0 Å². The standard InChI is InChI=1S/C12H8ClF2NO/c13-12-8(2-1-3-10(12)14)7-17-9-4-5-11(15)16-6-9/h1-6H,7H2. The van der Waals surface area contributed by atoms with Gasteiger partial charge in [-0.05, 0) is 18.2 Å². The van der Waals surface area contributed by atoms with E-state index in [2.05, 4.69) is 4.98 Å². The molecular formula is C12H8ClF2NO. The zero-order valence-corrected chi connectivity index (χ0v) is 9.42. The van der Waals surface area contributed by atoms with E-state index < -0.39 is 11.8 Å². The molecule has 0 amide bonds. The molecule has 0 aliphatic rings. The molecule has 0 radical (unpaired) electrons. The monoisotopic (exact) mass is 255 g/mol. The summed E-state index contributed by atoms with van der Waals surface area (Å²) in [6, 6.07) is 7.09. The SMILES string of the molecule is Fc1ccc(OCc2cccc(F)c2Cl)cn1. The average molecular weight is 256 g/mol. The van der Waals surface area contributed by atoms with Crippen molar-refractivity contribution in [2.75, 3.05) is 0 Å². The van der Waals surface area contributed by atoms with Crippen LogP contribution in [0.4, 0.5) is 8.78 Å². The Morgan fingerprint density at radius 1 is 1.18 bits per heavy atom. The first-order valence-corrected chi connectivity index (χ1v) is 5.22. The number of pyridine rings is 1. The fraction of sp³-hybridized carbons (Fsp3) is 0.0833. The lowest BCUT2D eigenvalue weighted by Gasteiger charge is -2.07. The molecule has 0 spiro atoms.